The van der Waals surface area contributed by atoms with Gasteiger partial charge in [-0.1, -0.05) is 24.3 Å². The Morgan fingerprint density at radius 1 is 1.29 bits per heavy atom. The molecule has 1 aromatic rings. The summed E-state index contributed by atoms with van der Waals surface area (Å²) in [6.07, 6.45) is 2.61. The number of carbonyl (C=O) groups is 1. The molecular formula is C16H25ClN2O2. The summed E-state index contributed by atoms with van der Waals surface area (Å²) >= 11 is 0. The van der Waals surface area contributed by atoms with Crippen LogP contribution in [0.1, 0.15) is 30.9 Å². The van der Waals surface area contributed by atoms with Gasteiger partial charge in [-0.2, -0.15) is 0 Å². The standard InChI is InChI=1S/C16H24N2O2.ClH/c1-2-20-12-15-6-4-3-5-14(15)10-18-16(19)11-17-9-13-7-8-13;/h3-6,13,17H,2,7-12H2,1H3,(H,18,19);1H. The number of hydrogen-bond acceptors (Lipinski definition) is 3. The van der Waals surface area contributed by atoms with Crippen molar-refractivity contribution in [1.82, 2.24) is 10.6 Å². The largest absolute Gasteiger partial charge is 0.377 e. The van der Waals surface area contributed by atoms with E-state index in [4.69, 9.17) is 4.74 Å². The molecule has 0 atom stereocenters. The molecule has 0 bridgehead atoms. The lowest BCUT2D eigenvalue weighted by molar-refractivity contribution is -0.120. The van der Waals surface area contributed by atoms with Crippen molar-refractivity contribution in [1.29, 1.82) is 0 Å². The fourth-order valence-corrected chi connectivity index (χ4v) is 2.05. The van der Waals surface area contributed by atoms with Crippen molar-refractivity contribution < 1.29 is 9.53 Å². The molecule has 1 amide bonds. The Kier molecular flexibility index (Phi) is 8.35. The summed E-state index contributed by atoms with van der Waals surface area (Å²) in [5, 5.41) is 6.15. The van der Waals surface area contributed by atoms with E-state index in [1.54, 1.807) is 0 Å². The molecule has 4 nitrogen and oxygen atoms in total. The van der Waals surface area contributed by atoms with E-state index in [2.05, 4.69) is 10.6 Å². The highest BCUT2D eigenvalue weighted by atomic mass is 35.5. The molecule has 0 radical (unpaired) electrons. The van der Waals surface area contributed by atoms with Crippen LogP contribution in [-0.4, -0.2) is 25.6 Å². The first-order valence-electron chi connectivity index (χ1n) is 7.41. The minimum Gasteiger partial charge on any atom is -0.377 e. The van der Waals surface area contributed by atoms with E-state index in [1.807, 2.05) is 31.2 Å². The monoisotopic (exact) mass is 312 g/mol. The van der Waals surface area contributed by atoms with Crippen LogP contribution in [0.2, 0.25) is 0 Å². The first-order valence-corrected chi connectivity index (χ1v) is 7.41. The Bertz CT molecular complexity index is 436. The summed E-state index contributed by atoms with van der Waals surface area (Å²) in [5.41, 5.74) is 2.26. The van der Waals surface area contributed by atoms with Gasteiger partial charge in [0.25, 0.3) is 0 Å². The second-order valence-electron chi connectivity index (χ2n) is 5.26. The molecule has 5 heteroatoms. The van der Waals surface area contributed by atoms with Crippen molar-refractivity contribution in [3.63, 3.8) is 0 Å². The molecule has 2 N–H and O–H groups in total. The number of benzene rings is 1. The number of rotatable bonds is 9. The maximum atomic E-state index is 11.7. The van der Waals surface area contributed by atoms with Crippen molar-refractivity contribution in [2.24, 2.45) is 5.92 Å². The predicted molar refractivity (Wildman–Crippen MR) is 86.5 cm³/mol. The molecule has 1 aliphatic carbocycles. The lowest BCUT2D eigenvalue weighted by atomic mass is 10.1. The molecule has 0 aliphatic heterocycles. The highest BCUT2D eigenvalue weighted by Gasteiger charge is 2.20. The highest BCUT2D eigenvalue weighted by Crippen LogP contribution is 2.27. The number of amides is 1. The van der Waals surface area contributed by atoms with E-state index in [0.717, 1.165) is 23.6 Å². The maximum Gasteiger partial charge on any atom is 0.234 e. The summed E-state index contributed by atoms with van der Waals surface area (Å²) in [5.74, 6) is 0.853. The Morgan fingerprint density at radius 3 is 2.67 bits per heavy atom. The van der Waals surface area contributed by atoms with E-state index in [1.165, 1.54) is 12.8 Å². The van der Waals surface area contributed by atoms with Gasteiger partial charge in [0.05, 0.1) is 13.2 Å². The minimum atomic E-state index is 0. The summed E-state index contributed by atoms with van der Waals surface area (Å²) in [6, 6.07) is 8.06. The van der Waals surface area contributed by atoms with E-state index in [0.29, 0.717) is 26.3 Å². The molecule has 1 aliphatic rings. The second-order valence-corrected chi connectivity index (χ2v) is 5.26. The van der Waals surface area contributed by atoms with Crippen LogP contribution in [0, 0.1) is 5.92 Å². The Labute approximate surface area is 133 Å². The van der Waals surface area contributed by atoms with E-state index in [-0.39, 0.29) is 18.3 Å². The molecule has 1 fully saturated rings. The van der Waals surface area contributed by atoms with Gasteiger partial charge in [-0.25, -0.2) is 0 Å². The summed E-state index contributed by atoms with van der Waals surface area (Å²) < 4.78 is 5.44. The zero-order valence-corrected chi connectivity index (χ0v) is 13.4. The molecule has 0 spiro atoms. The SMILES string of the molecule is CCOCc1ccccc1CNC(=O)CNCC1CC1.Cl. The van der Waals surface area contributed by atoms with Crippen molar-refractivity contribution >= 4 is 18.3 Å². The molecule has 118 valence electrons. The third-order valence-corrected chi connectivity index (χ3v) is 3.47. The molecule has 1 aromatic carbocycles. The fourth-order valence-electron chi connectivity index (χ4n) is 2.05. The van der Waals surface area contributed by atoms with Gasteiger partial charge in [0, 0.05) is 13.2 Å². The zero-order chi connectivity index (χ0) is 14.2. The maximum absolute atomic E-state index is 11.7. The Morgan fingerprint density at radius 2 is 2.00 bits per heavy atom. The molecular weight excluding hydrogens is 288 g/mol. The average molecular weight is 313 g/mol. The number of halogens is 1. The lowest BCUT2D eigenvalue weighted by Gasteiger charge is -2.11. The van der Waals surface area contributed by atoms with Gasteiger partial charge >= 0.3 is 0 Å². The quantitative estimate of drug-likeness (QED) is 0.735. The molecule has 2 rings (SSSR count). The molecule has 0 unspecified atom stereocenters. The molecule has 0 saturated heterocycles. The predicted octanol–water partition coefficient (Wildman–Crippen LogP) is 2.26. The van der Waals surface area contributed by atoms with Gasteiger partial charge in [0.2, 0.25) is 5.91 Å². The van der Waals surface area contributed by atoms with Crippen LogP contribution in [0.3, 0.4) is 0 Å². The van der Waals surface area contributed by atoms with Crippen molar-refractivity contribution in [3.05, 3.63) is 35.4 Å². The van der Waals surface area contributed by atoms with Gasteiger partial charge in [0.1, 0.15) is 0 Å². The van der Waals surface area contributed by atoms with Crippen LogP contribution in [0.4, 0.5) is 0 Å². The first-order chi connectivity index (χ1) is 9.79. The van der Waals surface area contributed by atoms with Gasteiger partial charge in [0.15, 0.2) is 0 Å². The van der Waals surface area contributed by atoms with Crippen LogP contribution in [0.5, 0.6) is 0 Å². The summed E-state index contributed by atoms with van der Waals surface area (Å²) in [7, 11) is 0. The third-order valence-electron chi connectivity index (χ3n) is 3.47. The van der Waals surface area contributed by atoms with Gasteiger partial charge in [-0.3, -0.25) is 4.79 Å². The van der Waals surface area contributed by atoms with Gasteiger partial charge in [-0.05, 0) is 43.4 Å². The molecule has 0 heterocycles. The van der Waals surface area contributed by atoms with E-state index < -0.39 is 0 Å². The number of ether oxygens (including phenoxy) is 1. The second kappa shape index (κ2) is 9.77. The first kappa shape index (κ1) is 18.0. The number of carbonyl (C=O) groups excluding carboxylic acids is 1. The molecule has 1 saturated carbocycles. The molecule has 0 aromatic heterocycles. The fraction of sp³-hybridized carbons (Fsp3) is 0.562. The lowest BCUT2D eigenvalue weighted by Crippen LogP contribution is -2.34. The van der Waals surface area contributed by atoms with Crippen molar-refractivity contribution in [2.75, 3.05) is 19.7 Å². The zero-order valence-electron chi connectivity index (χ0n) is 12.6. The van der Waals surface area contributed by atoms with Crippen molar-refractivity contribution in [2.45, 2.75) is 32.9 Å². The normalized spacial score (nSPS) is 13.6. The minimum absolute atomic E-state index is 0. The van der Waals surface area contributed by atoms with Crippen LogP contribution in [-0.2, 0) is 22.7 Å². The van der Waals surface area contributed by atoms with E-state index in [9.17, 15) is 4.79 Å². The third kappa shape index (κ3) is 6.93. The Balaban J connectivity index is 0.00000220. The van der Waals surface area contributed by atoms with Crippen LogP contribution in [0.15, 0.2) is 24.3 Å². The topological polar surface area (TPSA) is 50.4 Å². The summed E-state index contributed by atoms with van der Waals surface area (Å²) in [6.45, 7) is 5.22. The number of hydrogen-bond donors (Lipinski definition) is 2. The smallest absolute Gasteiger partial charge is 0.234 e. The van der Waals surface area contributed by atoms with Gasteiger partial charge < -0.3 is 15.4 Å². The highest BCUT2D eigenvalue weighted by molar-refractivity contribution is 5.85. The Hall–Kier alpha value is -1.10. The van der Waals surface area contributed by atoms with Crippen LogP contribution in [0.25, 0.3) is 0 Å². The summed E-state index contributed by atoms with van der Waals surface area (Å²) in [4.78, 5) is 11.7. The van der Waals surface area contributed by atoms with E-state index >= 15 is 0 Å². The van der Waals surface area contributed by atoms with Crippen LogP contribution < -0.4 is 10.6 Å². The van der Waals surface area contributed by atoms with Crippen molar-refractivity contribution in [3.8, 4) is 0 Å². The van der Waals surface area contributed by atoms with Crippen LogP contribution >= 0.6 is 12.4 Å². The average Bonchev–Trinajstić information content (AvgIpc) is 3.28. The number of nitrogens with one attached hydrogen (secondary N) is 2. The van der Waals surface area contributed by atoms with Gasteiger partial charge in [-0.15, -0.1) is 12.4 Å². The molecule has 21 heavy (non-hydrogen) atoms.